The van der Waals surface area contributed by atoms with Crippen molar-refractivity contribution in [2.45, 2.75) is 45.4 Å². The smallest absolute Gasteiger partial charge is 0.341 e. The molecule has 1 fully saturated rings. The lowest BCUT2D eigenvalue weighted by molar-refractivity contribution is 0.0693. The maximum Gasteiger partial charge on any atom is 0.341 e. The van der Waals surface area contributed by atoms with Crippen molar-refractivity contribution in [3.05, 3.63) is 82.1 Å². The molecule has 7 heteroatoms. The van der Waals surface area contributed by atoms with Crippen molar-refractivity contribution in [2.24, 2.45) is 5.41 Å². The van der Waals surface area contributed by atoms with Crippen LogP contribution in [0.5, 0.6) is 5.75 Å². The number of benzene rings is 2. The van der Waals surface area contributed by atoms with E-state index in [2.05, 4.69) is 18.5 Å². The summed E-state index contributed by atoms with van der Waals surface area (Å²) in [6, 6.07) is 17.3. The van der Waals surface area contributed by atoms with Crippen molar-refractivity contribution in [3.63, 3.8) is 0 Å². The summed E-state index contributed by atoms with van der Waals surface area (Å²) in [5.74, 6) is -0.513. The van der Waals surface area contributed by atoms with E-state index in [1.165, 1.54) is 12.3 Å². The molecule has 2 atom stereocenters. The Morgan fingerprint density at radius 1 is 1.18 bits per heavy atom. The van der Waals surface area contributed by atoms with Crippen molar-refractivity contribution in [2.75, 3.05) is 0 Å². The number of rotatable bonds is 4. The summed E-state index contributed by atoms with van der Waals surface area (Å²) in [5.41, 5.74) is 2.59. The zero-order valence-electron chi connectivity index (χ0n) is 19.1. The molecule has 2 aliphatic rings. The van der Waals surface area contributed by atoms with Crippen molar-refractivity contribution in [3.8, 4) is 17.1 Å². The number of aromatic carboxylic acids is 1. The summed E-state index contributed by atoms with van der Waals surface area (Å²) in [6.45, 7) is 4.82. The van der Waals surface area contributed by atoms with E-state index in [-0.39, 0.29) is 23.1 Å². The summed E-state index contributed by atoms with van der Waals surface area (Å²) in [7, 11) is 0. The van der Waals surface area contributed by atoms with Crippen LogP contribution in [0.2, 0.25) is 0 Å². The largest absolute Gasteiger partial charge is 0.487 e. The number of carboxylic acid groups (broad SMARTS) is 1. The number of hydrogen-bond donors (Lipinski definition) is 1. The molecule has 2 aromatic heterocycles. The van der Waals surface area contributed by atoms with Gasteiger partial charge in [0.05, 0.1) is 23.5 Å². The molecule has 4 aromatic rings. The van der Waals surface area contributed by atoms with Gasteiger partial charge >= 0.3 is 5.97 Å². The predicted molar refractivity (Wildman–Crippen MR) is 128 cm³/mol. The highest BCUT2D eigenvalue weighted by Crippen LogP contribution is 2.56. The van der Waals surface area contributed by atoms with Gasteiger partial charge in [-0.1, -0.05) is 56.3 Å². The Morgan fingerprint density at radius 2 is 1.97 bits per heavy atom. The molecule has 2 unspecified atom stereocenters. The summed E-state index contributed by atoms with van der Waals surface area (Å²) in [6.07, 6.45) is 3.43. The molecular weight excluding hydrogens is 430 g/mol. The Hall–Kier alpha value is -3.87. The van der Waals surface area contributed by atoms with Crippen molar-refractivity contribution in [1.82, 2.24) is 14.3 Å². The lowest BCUT2D eigenvalue weighted by Gasteiger charge is -2.39. The third kappa shape index (κ3) is 3.00. The Labute approximate surface area is 196 Å². The molecular formula is C27H25N3O4. The van der Waals surface area contributed by atoms with Gasteiger partial charge in [0, 0.05) is 17.6 Å². The summed E-state index contributed by atoms with van der Waals surface area (Å²) >= 11 is 0. The molecule has 0 radical (unpaired) electrons. The zero-order valence-corrected chi connectivity index (χ0v) is 19.1. The van der Waals surface area contributed by atoms with Crippen molar-refractivity contribution >= 4 is 16.9 Å². The van der Waals surface area contributed by atoms with Gasteiger partial charge in [0.2, 0.25) is 0 Å². The average Bonchev–Trinajstić information content (AvgIpc) is 3.36. The second-order valence-corrected chi connectivity index (χ2v) is 9.91. The third-order valence-corrected chi connectivity index (χ3v) is 7.34. The van der Waals surface area contributed by atoms with E-state index in [4.69, 9.17) is 9.84 Å². The lowest BCUT2D eigenvalue weighted by Crippen LogP contribution is -2.35. The molecule has 0 spiro atoms. The summed E-state index contributed by atoms with van der Waals surface area (Å²) in [4.78, 5) is 24.5. The Kier molecular flexibility index (Phi) is 4.46. The highest BCUT2D eigenvalue weighted by molar-refractivity contribution is 5.97. The van der Waals surface area contributed by atoms with Crippen LogP contribution in [0.15, 0.2) is 65.6 Å². The van der Waals surface area contributed by atoms with E-state index in [1.54, 1.807) is 0 Å². The van der Waals surface area contributed by atoms with E-state index in [9.17, 15) is 14.7 Å². The average molecular weight is 456 g/mol. The molecule has 1 aliphatic carbocycles. The van der Waals surface area contributed by atoms with Crippen LogP contribution in [0.25, 0.3) is 22.3 Å². The van der Waals surface area contributed by atoms with E-state index >= 15 is 0 Å². The quantitative estimate of drug-likeness (QED) is 0.465. The fraction of sp³-hybridized carbons (Fsp3) is 0.296. The second-order valence-electron chi connectivity index (χ2n) is 9.91. The first kappa shape index (κ1) is 20.7. The van der Waals surface area contributed by atoms with Crippen LogP contribution in [0.3, 0.4) is 0 Å². The number of ether oxygens (including phenoxy) is 1. The van der Waals surface area contributed by atoms with Gasteiger partial charge in [-0.3, -0.25) is 9.48 Å². The maximum atomic E-state index is 12.7. The molecule has 1 saturated carbocycles. The molecule has 172 valence electrons. The number of carboxylic acids is 1. The summed E-state index contributed by atoms with van der Waals surface area (Å²) in [5, 5.41) is 15.5. The summed E-state index contributed by atoms with van der Waals surface area (Å²) < 4.78 is 10.2. The van der Waals surface area contributed by atoms with Gasteiger partial charge in [-0.15, -0.1) is 0 Å². The lowest BCUT2D eigenvalue weighted by atomic mass is 9.84. The molecule has 0 bridgehead atoms. The van der Waals surface area contributed by atoms with Gasteiger partial charge in [0.1, 0.15) is 23.4 Å². The van der Waals surface area contributed by atoms with Crippen LogP contribution < -0.4 is 10.2 Å². The number of fused-ring (bicyclic) bond motifs is 8. The predicted octanol–water partition coefficient (Wildman–Crippen LogP) is 5.06. The Balaban J connectivity index is 1.55. The van der Waals surface area contributed by atoms with Crippen LogP contribution in [0.4, 0.5) is 0 Å². The van der Waals surface area contributed by atoms with Gasteiger partial charge in [-0.2, -0.15) is 5.10 Å². The highest BCUT2D eigenvalue weighted by atomic mass is 16.5. The standard InChI is InChI=1S/C27H25N3O4/c1-27(2)12-11-19-25(27)29-14-18(26(32)33)21(31)13-20(29)24-17-9-6-10-22(23(17)28-30(19)24)34-15-16-7-4-3-5-8-16/h3-10,13-14,19,25H,11-12,15H2,1-2H3,(H,32,33). The molecule has 1 N–H and O–H groups in total. The number of nitrogens with zero attached hydrogens (tertiary/aromatic N) is 3. The second kappa shape index (κ2) is 7.32. The fourth-order valence-corrected chi connectivity index (χ4v) is 5.74. The minimum atomic E-state index is -1.20. The number of hydrogen-bond acceptors (Lipinski definition) is 4. The Morgan fingerprint density at radius 3 is 2.74 bits per heavy atom. The monoisotopic (exact) mass is 455 g/mol. The third-order valence-electron chi connectivity index (χ3n) is 7.34. The van der Waals surface area contributed by atoms with E-state index in [0.717, 1.165) is 35.0 Å². The van der Waals surface area contributed by atoms with E-state index in [0.29, 0.717) is 18.1 Å². The first-order chi connectivity index (χ1) is 16.3. The minimum absolute atomic E-state index is 0.00306. The number of aromatic nitrogens is 3. The topological polar surface area (TPSA) is 86.3 Å². The van der Waals surface area contributed by atoms with Crippen LogP contribution >= 0.6 is 0 Å². The van der Waals surface area contributed by atoms with Gasteiger partial charge < -0.3 is 14.4 Å². The first-order valence-electron chi connectivity index (χ1n) is 11.5. The van der Waals surface area contributed by atoms with E-state index < -0.39 is 11.4 Å². The van der Waals surface area contributed by atoms with E-state index in [1.807, 2.05) is 53.1 Å². The molecule has 1 aliphatic heterocycles. The maximum absolute atomic E-state index is 12.7. The Bertz CT molecular complexity index is 1500. The van der Waals surface area contributed by atoms with Gasteiger partial charge in [0.25, 0.3) is 0 Å². The van der Waals surface area contributed by atoms with Gasteiger partial charge in [0.15, 0.2) is 5.43 Å². The molecule has 7 nitrogen and oxygen atoms in total. The van der Waals surface area contributed by atoms with Crippen LogP contribution in [0, 0.1) is 5.41 Å². The molecule has 0 saturated heterocycles. The van der Waals surface area contributed by atoms with Crippen LogP contribution in [-0.2, 0) is 6.61 Å². The first-order valence-corrected chi connectivity index (χ1v) is 11.5. The zero-order chi connectivity index (χ0) is 23.6. The van der Waals surface area contributed by atoms with Crippen molar-refractivity contribution in [1.29, 1.82) is 0 Å². The van der Waals surface area contributed by atoms with Crippen LogP contribution in [-0.4, -0.2) is 25.4 Å². The molecule has 2 aromatic carbocycles. The molecule has 0 amide bonds. The minimum Gasteiger partial charge on any atom is -0.487 e. The molecule has 6 rings (SSSR count). The van der Waals surface area contributed by atoms with Gasteiger partial charge in [-0.25, -0.2) is 4.79 Å². The van der Waals surface area contributed by atoms with Gasteiger partial charge in [-0.05, 0) is 29.9 Å². The fourth-order valence-electron chi connectivity index (χ4n) is 5.74. The molecule has 34 heavy (non-hydrogen) atoms. The number of carbonyl (C=O) groups is 1. The SMILES string of the molecule is CC1(C)CCC2C1n1cc(C(=O)O)c(=O)cc1-c1c3cccc(OCc4ccccc4)c3nn12. The normalized spacial score (nSPS) is 19.9. The number of pyridine rings is 1. The van der Waals surface area contributed by atoms with Crippen molar-refractivity contribution < 1.29 is 14.6 Å². The highest BCUT2D eigenvalue weighted by Gasteiger charge is 2.48. The van der Waals surface area contributed by atoms with Crippen LogP contribution in [0.1, 0.15) is 54.7 Å². The molecule has 3 heterocycles.